The molecule has 1 saturated heterocycles. The van der Waals surface area contributed by atoms with Gasteiger partial charge in [-0.05, 0) is 50.1 Å². The van der Waals surface area contributed by atoms with E-state index in [0.29, 0.717) is 12.3 Å². The molecular formula is C21H29N3O2S. The van der Waals surface area contributed by atoms with E-state index in [1.165, 1.54) is 17.8 Å². The molecule has 1 aliphatic heterocycles. The van der Waals surface area contributed by atoms with E-state index in [9.17, 15) is 4.79 Å². The Morgan fingerprint density at radius 1 is 1.19 bits per heavy atom. The minimum absolute atomic E-state index is 0.0481. The third-order valence-corrected chi connectivity index (χ3v) is 5.71. The average Bonchev–Trinajstić information content (AvgIpc) is 3.17. The predicted molar refractivity (Wildman–Crippen MR) is 111 cm³/mol. The summed E-state index contributed by atoms with van der Waals surface area (Å²) in [6.07, 6.45) is 1.21. The first-order chi connectivity index (χ1) is 13.1. The molecule has 3 rings (SSSR count). The van der Waals surface area contributed by atoms with Crippen molar-refractivity contribution in [3.8, 4) is 16.3 Å². The highest BCUT2D eigenvalue weighted by Gasteiger charge is 2.24. The van der Waals surface area contributed by atoms with Gasteiger partial charge >= 0.3 is 0 Å². The van der Waals surface area contributed by atoms with Crippen molar-refractivity contribution in [2.24, 2.45) is 5.92 Å². The lowest BCUT2D eigenvalue weighted by molar-refractivity contribution is 0.0627. The van der Waals surface area contributed by atoms with E-state index in [1.807, 2.05) is 41.5 Å². The van der Waals surface area contributed by atoms with Crippen molar-refractivity contribution in [3.63, 3.8) is 0 Å². The number of piperazine rings is 1. The number of aromatic nitrogens is 1. The minimum atomic E-state index is 0.0481. The number of hydrogen-bond donors (Lipinski definition) is 0. The zero-order valence-electron chi connectivity index (χ0n) is 16.5. The van der Waals surface area contributed by atoms with Gasteiger partial charge in [-0.2, -0.15) is 0 Å². The number of carbonyl (C=O) groups excluding carboxylic acids is 1. The Kier molecular flexibility index (Phi) is 6.85. The molecule has 1 amide bonds. The Morgan fingerprint density at radius 3 is 2.52 bits per heavy atom. The van der Waals surface area contributed by atoms with Gasteiger partial charge in [0.1, 0.15) is 16.5 Å². The van der Waals surface area contributed by atoms with Crippen LogP contribution in [0.25, 0.3) is 10.6 Å². The van der Waals surface area contributed by atoms with E-state index in [1.54, 1.807) is 0 Å². The third kappa shape index (κ3) is 5.30. The number of ether oxygens (including phenoxy) is 1. The first-order valence-corrected chi connectivity index (χ1v) is 10.6. The summed E-state index contributed by atoms with van der Waals surface area (Å²) in [6, 6.07) is 7.87. The minimum Gasteiger partial charge on any atom is -0.494 e. The van der Waals surface area contributed by atoms with Gasteiger partial charge in [-0.3, -0.25) is 9.69 Å². The molecule has 6 heteroatoms. The fourth-order valence-corrected chi connectivity index (χ4v) is 3.94. The molecule has 1 aromatic heterocycles. The molecule has 0 spiro atoms. The number of nitrogens with zero attached hydrogens (tertiary/aromatic N) is 3. The highest BCUT2D eigenvalue weighted by atomic mass is 32.1. The lowest BCUT2D eigenvalue weighted by Gasteiger charge is -2.34. The topological polar surface area (TPSA) is 45.7 Å². The Hall–Kier alpha value is -1.92. The van der Waals surface area contributed by atoms with Crippen molar-refractivity contribution < 1.29 is 9.53 Å². The molecule has 0 N–H and O–H groups in total. The molecule has 2 aromatic rings. The largest absolute Gasteiger partial charge is 0.494 e. The van der Waals surface area contributed by atoms with E-state index in [2.05, 4.69) is 23.7 Å². The average molecular weight is 388 g/mol. The molecule has 0 bridgehead atoms. The van der Waals surface area contributed by atoms with E-state index in [4.69, 9.17) is 4.74 Å². The molecule has 1 aromatic carbocycles. The molecule has 2 heterocycles. The molecule has 0 atom stereocenters. The summed E-state index contributed by atoms with van der Waals surface area (Å²) in [5.74, 6) is 1.62. The van der Waals surface area contributed by atoms with Crippen LogP contribution in [0.4, 0.5) is 0 Å². The molecule has 0 saturated carbocycles. The van der Waals surface area contributed by atoms with Crippen molar-refractivity contribution in [1.29, 1.82) is 0 Å². The molecule has 0 unspecified atom stereocenters. The molecule has 146 valence electrons. The highest BCUT2D eigenvalue weighted by molar-refractivity contribution is 7.13. The number of benzene rings is 1. The number of hydrogen-bond acceptors (Lipinski definition) is 5. The molecule has 27 heavy (non-hydrogen) atoms. The highest BCUT2D eigenvalue weighted by Crippen LogP contribution is 2.26. The summed E-state index contributed by atoms with van der Waals surface area (Å²) < 4.78 is 5.48. The number of amides is 1. The van der Waals surface area contributed by atoms with Gasteiger partial charge in [0.25, 0.3) is 5.91 Å². The quantitative estimate of drug-likeness (QED) is 0.720. The van der Waals surface area contributed by atoms with Crippen molar-refractivity contribution in [2.45, 2.75) is 27.2 Å². The number of thiazole rings is 1. The van der Waals surface area contributed by atoms with Crippen LogP contribution in [0, 0.1) is 5.92 Å². The maximum atomic E-state index is 12.8. The maximum Gasteiger partial charge on any atom is 0.273 e. The summed E-state index contributed by atoms with van der Waals surface area (Å²) in [7, 11) is 0. The van der Waals surface area contributed by atoms with Gasteiger partial charge in [0.05, 0.1) is 6.61 Å². The summed E-state index contributed by atoms with van der Waals surface area (Å²) in [5.41, 5.74) is 1.57. The van der Waals surface area contributed by atoms with Crippen LogP contribution in [0.1, 0.15) is 37.7 Å². The van der Waals surface area contributed by atoms with Gasteiger partial charge in [0, 0.05) is 37.1 Å². The van der Waals surface area contributed by atoms with Crippen LogP contribution in [-0.4, -0.2) is 60.0 Å². The lowest BCUT2D eigenvalue weighted by Crippen LogP contribution is -2.49. The zero-order valence-corrected chi connectivity index (χ0v) is 17.3. The van der Waals surface area contributed by atoms with Crippen LogP contribution < -0.4 is 4.74 Å². The van der Waals surface area contributed by atoms with Gasteiger partial charge in [-0.1, -0.05) is 13.8 Å². The van der Waals surface area contributed by atoms with Crippen LogP contribution in [0.15, 0.2) is 29.6 Å². The van der Waals surface area contributed by atoms with Gasteiger partial charge in [0.15, 0.2) is 0 Å². The van der Waals surface area contributed by atoms with Crippen molar-refractivity contribution in [1.82, 2.24) is 14.8 Å². The second kappa shape index (κ2) is 9.33. The molecule has 0 aliphatic carbocycles. The fraction of sp³-hybridized carbons (Fsp3) is 0.524. The lowest BCUT2D eigenvalue weighted by atomic mass is 10.1. The van der Waals surface area contributed by atoms with Gasteiger partial charge in [-0.15, -0.1) is 11.3 Å². The first kappa shape index (κ1) is 19.8. The van der Waals surface area contributed by atoms with Gasteiger partial charge < -0.3 is 9.64 Å². The van der Waals surface area contributed by atoms with Crippen LogP contribution in [0.2, 0.25) is 0 Å². The van der Waals surface area contributed by atoms with Gasteiger partial charge in [-0.25, -0.2) is 4.98 Å². The SMILES string of the molecule is CCOc1ccc(-c2nc(C(=O)N3CCN(CCC(C)C)CC3)cs2)cc1. The second-order valence-electron chi connectivity index (χ2n) is 7.31. The van der Waals surface area contributed by atoms with Crippen molar-refractivity contribution in [3.05, 3.63) is 35.3 Å². The standard InChI is InChI=1S/C21H29N3O2S/c1-4-26-18-7-5-17(6-8-18)20-22-19(15-27-20)21(25)24-13-11-23(12-14-24)10-9-16(2)3/h5-8,15-16H,4,9-14H2,1-3H3. The Morgan fingerprint density at radius 2 is 1.89 bits per heavy atom. The smallest absolute Gasteiger partial charge is 0.273 e. The summed E-state index contributed by atoms with van der Waals surface area (Å²) >= 11 is 1.52. The van der Waals surface area contributed by atoms with Crippen LogP contribution in [0.5, 0.6) is 5.75 Å². The van der Waals surface area contributed by atoms with Crippen molar-refractivity contribution >= 4 is 17.2 Å². The summed E-state index contributed by atoms with van der Waals surface area (Å²) in [4.78, 5) is 21.8. The Labute approximate surface area is 166 Å². The molecule has 1 aliphatic rings. The molecule has 5 nitrogen and oxygen atoms in total. The van der Waals surface area contributed by atoms with Crippen LogP contribution in [-0.2, 0) is 0 Å². The first-order valence-electron chi connectivity index (χ1n) is 9.77. The number of carbonyl (C=O) groups is 1. The van der Waals surface area contributed by atoms with Gasteiger partial charge in [0.2, 0.25) is 0 Å². The predicted octanol–water partition coefficient (Wildman–Crippen LogP) is 4.01. The van der Waals surface area contributed by atoms with E-state index in [-0.39, 0.29) is 5.91 Å². The van der Waals surface area contributed by atoms with Crippen LogP contribution in [0.3, 0.4) is 0 Å². The summed E-state index contributed by atoms with van der Waals surface area (Å²) in [6.45, 7) is 11.7. The van der Waals surface area contributed by atoms with E-state index in [0.717, 1.165) is 55.0 Å². The second-order valence-corrected chi connectivity index (χ2v) is 8.17. The zero-order chi connectivity index (χ0) is 19.2. The molecular weight excluding hydrogens is 358 g/mol. The normalized spacial score (nSPS) is 15.3. The fourth-order valence-electron chi connectivity index (χ4n) is 3.14. The monoisotopic (exact) mass is 387 g/mol. The van der Waals surface area contributed by atoms with E-state index < -0.39 is 0 Å². The van der Waals surface area contributed by atoms with Crippen LogP contribution >= 0.6 is 11.3 Å². The number of rotatable bonds is 7. The third-order valence-electron chi connectivity index (χ3n) is 4.82. The maximum absolute atomic E-state index is 12.8. The van der Waals surface area contributed by atoms with Crippen molar-refractivity contribution in [2.75, 3.05) is 39.3 Å². The molecule has 0 radical (unpaired) electrons. The Balaban J connectivity index is 1.57. The molecule has 1 fully saturated rings. The Bertz CT molecular complexity index is 734. The van der Waals surface area contributed by atoms with E-state index >= 15 is 0 Å². The summed E-state index contributed by atoms with van der Waals surface area (Å²) in [5, 5.41) is 2.75.